The molecule has 150 valence electrons. The Balaban J connectivity index is 0.00000364. The van der Waals surface area contributed by atoms with Crippen LogP contribution in [0, 0.1) is 13.8 Å². The summed E-state index contributed by atoms with van der Waals surface area (Å²) in [5.74, 6) is 1.62. The fourth-order valence-electron chi connectivity index (χ4n) is 2.35. The summed E-state index contributed by atoms with van der Waals surface area (Å²) in [6, 6.07) is 7.90. The lowest BCUT2D eigenvalue weighted by Crippen LogP contribution is -2.39. The van der Waals surface area contributed by atoms with E-state index in [1.807, 2.05) is 24.3 Å². The summed E-state index contributed by atoms with van der Waals surface area (Å²) in [7, 11) is 3.43. The predicted octanol–water partition coefficient (Wildman–Crippen LogP) is 3.31. The number of benzene rings is 1. The molecule has 0 atom stereocenters. The lowest BCUT2D eigenvalue weighted by Gasteiger charge is -2.11. The van der Waals surface area contributed by atoms with Crippen molar-refractivity contribution < 1.29 is 9.47 Å². The fourth-order valence-corrected chi connectivity index (χ4v) is 3.28. The molecule has 8 heteroatoms. The highest BCUT2D eigenvalue weighted by molar-refractivity contribution is 14.0. The average Bonchev–Trinajstić information content (AvgIpc) is 2.97. The molecule has 6 nitrogen and oxygen atoms in total. The third kappa shape index (κ3) is 8.44. The van der Waals surface area contributed by atoms with Gasteiger partial charge in [-0.3, -0.25) is 4.99 Å². The molecule has 0 bridgehead atoms. The molecule has 1 heterocycles. The predicted molar refractivity (Wildman–Crippen MR) is 123 cm³/mol. The van der Waals surface area contributed by atoms with Gasteiger partial charge in [0, 0.05) is 31.4 Å². The molecule has 2 N–H and O–H groups in total. The molecular weight excluding hydrogens is 475 g/mol. The second kappa shape index (κ2) is 12.9. The van der Waals surface area contributed by atoms with Gasteiger partial charge in [0.15, 0.2) is 5.96 Å². The van der Waals surface area contributed by atoms with Crippen molar-refractivity contribution in [1.29, 1.82) is 0 Å². The molecule has 1 aromatic heterocycles. The van der Waals surface area contributed by atoms with Crippen LogP contribution in [0.2, 0.25) is 0 Å². The van der Waals surface area contributed by atoms with Crippen LogP contribution in [0.25, 0.3) is 0 Å². The van der Waals surface area contributed by atoms with E-state index in [-0.39, 0.29) is 24.0 Å². The SMILES string of the molecule is CN=C(NCCOCc1cccc(OC)c1)NCCc1nc(C)c(C)s1.I. The smallest absolute Gasteiger partial charge is 0.191 e. The average molecular weight is 504 g/mol. The molecule has 2 rings (SSSR count). The first-order valence-corrected chi connectivity index (χ1v) is 9.52. The fraction of sp³-hybridized carbons (Fsp3) is 0.474. The number of nitrogens with one attached hydrogen (secondary N) is 2. The Morgan fingerprint density at radius 2 is 2.00 bits per heavy atom. The van der Waals surface area contributed by atoms with E-state index in [9.17, 15) is 0 Å². The van der Waals surface area contributed by atoms with Crippen molar-refractivity contribution in [2.45, 2.75) is 26.9 Å². The first-order chi connectivity index (χ1) is 12.6. The second-order valence-electron chi connectivity index (χ2n) is 5.83. The van der Waals surface area contributed by atoms with Gasteiger partial charge in [-0.2, -0.15) is 0 Å². The Labute approximate surface area is 182 Å². The number of hydrogen-bond donors (Lipinski definition) is 2. The zero-order valence-corrected chi connectivity index (χ0v) is 19.5. The van der Waals surface area contributed by atoms with Gasteiger partial charge < -0.3 is 20.1 Å². The Hall–Kier alpha value is -1.39. The highest BCUT2D eigenvalue weighted by Gasteiger charge is 2.04. The molecular formula is C19H29IN4O2S. The van der Waals surface area contributed by atoms with Crippen LogP contribution in [0.3, 0.4) is 0 Å². The van der Waals surface area contributed by atoms with Gasteiger partial charge in [0.25, 0.3) is 0 Å². The summed E-state index contributed by atoms with van der Waals surface area (Å²) < 4.78 is 10.9. The summed E-state index contributed by atoms with van der Waals surface area (Å²) >= 11 is 1.76. The third-order valence-corrected chi connectivity index (χ3v) is 5.00. The van der Waals surface area contributed by atoms with Crippen LogP contribution in [0.1, 0.15) is 21.1 Å². The van der Waals surface area contributed by atoms with Gasteiger partial charge in [-0.1, -0.05) is 12.1 Å². The number of methoxy groups -OCH3 is 1. The number of ether oxygens (including phenoxy) is 2. The first-order valence-electron chi connectivity index (χ1n) is 8.70. The number of rotatable bonds is 9. The molecule has 0 aliphatic carbocycles. The van der Waals surface area contributed by atoms with Crippen molar-refractivity contribution in [1.82, 2.24) is 15.6 Å². The van der Waals surface area contributed by atoms with Crippen LogP contribution in [0.5, 0.6) is 5.75 Å². The van der Waals surface area contributed by atoms with Gasteiger partial charge in [0.2, 0.25) is 0 Å². The molecule has 0 radical (unpaired) electrons. The molecule has 27 heavy (non-hydrogen) atoms. The Morgan fingerprint density at radius 1 is 1.22 bits per heavy atom. The number of guanidine groups is 1. The van der Waals surface area contributed by atoms with E-state index in [2.05, 4.69) is 34.5 Å². The number of nitrogens with zero attached hydrogens (tertiary/aromatic N) is 2. The summed E-state index contributed by atoms with van der Waals surface area (Å²) in [6.45, 7) is 6.82. The van der Waals surface area contributed by atoms with Crippen molar-refractivity contribution in [3.63, 3.8) is 0 Å². The first kappa shape index (κ1) is 23.6. The summed E-state index contributed by atoms with van der Waals surface area (Å²) in [5, 5.41) is 7.71. The topological polar surface area (TPSA) is 67.8 Å². The maximum atomic E-state index is 5.69. The lowest BCUT2D eigenvalue weighted by atomic mass is 10.2. The van der Waals surface area contributed by atoms with E-state index in [4.69, 9.17) is 9.47 Å². The molecule has 0 fully saturated rings. The number of thiazole rings is 1. The van der Waals surface area contributed by atoms with Crippen LogP contribution < -0.4 is 15.4 Å². The molecule has 0 saturated carbocycles. The van der Waals surface area contributed by atoms with Gasteiger partial charge >= 0.3 is 0 Å². The quantitative estimate of drug-likeness (QED) is 0.238. The number of aromatic nitrogens is 1. The van der Waals surface area contributed by atoms with Crippen molar-refractivity contribution in [3.05, 3.63) is 45.4 Å². The highest BCUT2D eigenvalue weighted by Crippen LogP contribution is 2.16. The summed E-state index contributed by atoms with van der Waals surface area (Å²) in [4.78, 5) is 10.1. The molecule has 0 unspecified atom stereocenters. The molecule has 0 aliphatic heterocycles. The third-order valence-electron chi connectivity index (χ3n) is 3.87. The minimum absolute atomic E-state index is 0. The van der Waals surface area contributed by atoms with Gasteiger partial charge in [-0.25, -0.2) is 4.98 Å². The van der Waals surface area contributed by atoms with Crippen LogP contribution >= 0.6 is 35.3 Å². The van der Waals surface area contributed by atoms with Crippen molar-refractivity contribution in [2.24, 2.45) is 4.99 Å². The van der Waals surface area contributed by atoms with Gasteiger partial charge in [0.1, 0.15) is 5.75 Å². The molecule has 0 aliphatic rings. The minimum atomic E-state index is 0. The molecule has 2 aromatic rings. The number of hydrogen-bond acceptors (Lipinski definition) is 5. The Bertz CT molecular complexity index is 702. The number of aryl methyl sites for hydroxylation is 2. The standard InChI is InChI=1S/C19H28N4O2S.HI/c1-14-15(2)26-18(23-14)8-9-21-19(20-3)22-10-11-25-13-16-6-5-7-17(12-16)24-4;/h5-7,12H,8-11,13H2,1-4H3,(H2,20,21,22);1H. The van der Waals surface area contributed by atoms with E-state index >= 15 is 0 Å². The van der Waals surface area contributed by atoms with Crippen LogP contribution in [0.4, 0.5) is 0 Å². The number of halogens is 1. The van der Waals surface area contributed by atoms with E-state index in [1.54, 1.807) is 25.5 Å². The minimum Gasteiger partial charge on any atom is -0.497 e. The van der Waals surface area contributed by atoms with E-state index in [0.29, 0.717) is 19.8 Å². The van der Waals surface area contributed by atoms with Crippen molar-refractivity contribution >= 4 is 41.3 Å². The van der Waals surface area contributed by atoms with Crippen LogP contribution in [-0.4, -0.2) is 44.8 Å². The lowest BCUT2D eigenvalue weighted by molar-refractivity contribution is 0.125. The zero-order valence-electron chi connectivity index (χ0n) is 16.4. The molecule has 0 spiro atoms. The summed E-state index contributed by atoms with van der Waals surface area (Å²) in [6.07, 6.45) is 0.895. The van der Waals surface area contributed by atoms with Crippen LogP contribution in [0.15, 0.2) is 29.3 Å². The normalized spacial score (nSPS) is 11.0. The Kier molecular flexibility index (Phi) is 11.3. The van der Waals surface area contributed by atoms with Crippen LogP contribution in [-0.2, 0) is 17.8 Å². The van der Waals surface area contributed by atoms with Gasteiger partial charge in [-0.05, 0) is 31.5 Å². The second-order valence-corrected chi connectivity index (χ2v) is 7.12. The zero-order chi connectivity index (χ0) is 18.8. The van der Waals surface area contributed by atoms with E-state index in [1.165, 1.54) is 4.88 Å². The van der Waals surface area contributed by atoms with Gasteiger partial charge in [-0.15, -0.1) is 35.3 Å². The maximum absolute atomic E-state index is 5.69. The van der Waals surface area contributed by atoms with Crippen molar-refractivity contribution in [3.8, 4) is 5.75 Å². The highest BCUT2D eigenvalue weighted by atomic mass is 127. The number of aliphatic imine (C=N–C) groups is 1. The molecule has 0 saturated heterocycles. The Morgan fingerprint density at radius 3 is 2.67 bits per heavy atom. The summed E-state index contributed by atoms with van der Waals surface area (Å²) in [5.41, 5.74) is 2.22. The molecule has 0 amide bonds. The monoisotopic (exact) mass is 504 g/mol. The van der Waals surface area contributed by atoms with E-state index < -0.39 is 0 Å². The molecule has 1 aromatic carbocycles. The maximum Gasteiger partial charge on any atom is 0.191 e. The largest absolute Gasteiger partial charge is 0.497 e. The van der Waals surface area contributed by atoms with Crippen molar-refractivity contribution in [2.75, 3.05) is 33.9 Å². The van der Waals surface area contributed by atoms with E-state index in [0.717, 1.165) is 40.9 Å². The van der Waals surface area contributed by atoms with Gasteiger partial charge in [0.05, 0.1) is 31.0 Å².